The highest BCUT2D eigenvalue weighted by molar-refractivity contribution is 9.18. The van der Waals surface area contributed by atoms with E-state index in [-0.39, 0.29) is 5.56 Å². The predicted molar refractivity (Wildman–Crippen MR) is 81.2 cm³/mol. The Morgan fingerprint density at radius 2 is 2.10 bits per heavy atom. The number of aromatic nitrogens is 4. The second-order valence-corrected chi connectivity index (χ2v) is 5.93. The SMILES string of the molecule is CCCCCn1c2c(c(=O)n3c(C)nnc13)CC(Br)=N2. The highest BCUT2D eigenvalue weighted by Gasteiger charge is 2.24. The number of nitrogens with zero attached hydrogens (tertiary/aromatic N) is 5. The number of rotatable bonds is 4. The van der Waals surface area contributed by atoms with Crippen LogP contribution in [0.2, 0.25) is 0 Å². The molecule has 3 heterocycles. The summed E-state index contributed by atoms with van der Waals surface area (Å²) in [5.41, 5.74) is 0.672. The summed E-state index contributed by atoms with van der Waals surface area (Å²) in [5.74, 6) is 1.95. The minimum atomic E-state index is -0.0533. The number of unbranched alkanes of at least 4 members (excludes halogenated alkanes) is 2. The van der Waals surface area contributed by atoms with Crippen LogP contribution in [-0.4, -0.2) is 23.8 Å². The Balaban J connectivity index is 2.22. The maximum atomic E-state index is 12.5. The molecule has 1 aliphatic heterocycles. The summed E-state index contributed by atoms with van der Waals surface area (Å²) in [7, 11) is 0. The Bertz CT molecular complexity index is 758. The standard InChI is InChI=1S/C13H16BrN5O/c1-3-4-5-6-18-11-9(7-10(14)15-11)12(20)19-8(2)16-17-13(18)19/h3-7H2,1-2H3. The van der Waals surface area contributed by atoms with Crippen LogP contribution in [0.15, 0.2) is 9.79 Å². The van der Waals surface area contributed by atoms with E-state index in [1.54, 1.807) is 11.3 Å². The van der Waals surface area contributed by atoms with Crippen molar-refractivity contribution in [3.05, 3.63) is 21.7 Å². The summed E-state index contributed by atoms with van der Waals surface area (Å²) < 4.78 is 4.40. The molecule has 0 N–H and O–H groups in total. The lowest BCUT2D eigenvalue weighted by molar-refractivity contribution is 0.602. The fourth-order valence-electron chi connectivity index (χ4n) is 2.56. The largest absolute Gasteiger partial charge is 0.294 e. The summed E-state index contributed by atoms with van der Waals surface area (Å²) in [4.78, 5) is 17.0. The van der Waals surface area contributed by atoms with Gasteiger partial charge in [-0.25, -0.2) is 9.39 Å². The molecule has 0 radical (unpaired) electrons. The molecule has 0 saturated heterocycles. The lowest BCUT2D eigenvalue weighted by Gasteiger charge is -2.12. The first-order valence-electron chi connectivity index (χ1n) is 6.84. The molecule has 2 aromatic heterocycles. The Labute approximate surface area is 124 Å². The average Bonchev–Trinajstić information content (AvgIpc) is 2.98. The van der Waals surface area contributed by atoms with Crippen molar-refractivity contribution in [3.63, 3.8) is 0 Å². The molecular formula is C13H16BrN5O. The van der Waals surface area contributed by atoms with E-state index in [9.17, 15) is 4.79 Å². The number of aryl methyl sites for hydroxylation is 2. The van der Waals surface area contributed by atoms with Crippen molar-refractivity contribution >= 4 is 32.1 Å². The average molecular weight is 338 g/mol. The molecule has 0 bridgehead atoms. The third-order valence-corrected chi connectivity index (χ3v) is 4.03. The van der Waals surface area contributed by atoms with E-state index < -0.39 is 0 Å². The Hall–Kier alpha value is -1.50. The van der Waals surface area contributed by atoms with Crippen LogP contribution in [0.4, 0.5) is 5.82 Å². The van der Waals surface area contributed by atoms with Gasteiger partial charge in [-0.1, -0.05) is 19.8 Å². The van der Waals surface area contributed by atoms with Gasteiger partial charge in [0.25, 0.3) is 5.56 Å². The second-order valence-electron chi connectivity index (χ2n) is 5.01. The van der Waals surface area contributed by atoms with E-state index in [4.69, 9.17) is 0 Å². The quantitative estimate of drug-likeness (QED) is 0.804. The summed E-state index contributed by atoms with van der Waals surface area (Å²) in [6.07, 6.45) is 3.89. The van der Waals surface area contributed by atoms with Gasteiger partial charge >= 0.3 is 0 Å². The number of halogens is 1. The Morgan fingerprint density at radius 1 is 1.30 bits per heavy atom. The molecule has 106 valence electrons. The lowest BCUT2D eigenvalue weighted by atomic mass is 10.2. The van der Waals surface area contributed by atoms with E-state index in [0.717, 1.165) is 41.8 Å². The van der Waals surface area contributed by atoms with Gasteiger partial charge in [-0.3, -0.25) is 9.36 Å². The zero-order chi connectivity index (χ0) is 14.3. The van der Waals surface area contributed by atoms with Crippen molar-refractivity contribution in [1.29, 1.82) is 0 Å². The monoisotopic (exact) mass is 337 g/mol. The molecule has 0 spiro atoms. The maximum Gasteiger partial charge on any atom is 0.266 e. The molecular weight excluding hydrogens is 322 g/mol. The highest BCUT2D eigenvalue weighted by atomic mass is 79.9. The van der Waals surface area contributed by atoms with Crippen molar-refractivity contribution < 1.29 is 0 Å². The molecule has 0 atom stereocenters. The van der Waals surface area contributed by atoms with Crippen molar-refractivity contribution in [2.45, 2.75) is 46.1 Å². The molecule has 0 amide bonds. The summed E-state index contributed by atoms with van der Waals surface area (Å²) >= 11 is 3.40. The molecule has 6 nitrogen and oxygen atoms in total. The summed E-state index contributed by atoms with van der Waals surface area (Å²) in [6, 6.07) is 0. The van der Waals surface area contributed by atoms with Crippen molar-refractivity contribution in [2.24, 2.45) is 4.99 Å². The fourth-order valence-corrected chi connectivity index (χ4v) is 3.01. The van der Waals surface area contributed by atoms with Crippen molar-refractivity contribution in [2.75, 3.05) is 0 Å². The number of hydrogen-bond acceptors (Lipinski definition) is 4. The van der Waals surface area contributed by atoms with E-state index in [0.29, 0.717) is 18.0 Å². The lowest BCUT2D eigenvalue weighted by Crippen LogP contribution is -2.23. The molecule has 0 fully saturated rings. The summed E-state index contributed by atoms with van der Waals surface area (Å²) in [6.45, 7) is 4.78. The van der Waals surface area contributed by atoms with E-state index >= 15 is 0 Å². The molecule has 0 saturated carbocycles. The molecule has 0 aliphatic carbocycles. The Morgan fingerprint density at radius 3 is 2.85 bits per heavy atom. The van der Waals surface area contributed by atoms with Crippen LogP contribution < -0.4 is 5.56 Å². The van der Waals surface area contributed by atoms with Gasteiger partial charge in [0.1, 0.15) is 11.6 Å². The zero-order valence-corrected chi connectivity index (χ0v) is 13.1. The molecule has 0 unspecified atom stereocenters. The first kappa shape index (κ1) is 13.5. The van der Waals surface area contributed by atoms with E-state index in [1.165, 1.54) is 0 Å². The van der Waals surface area contributed by atoms with Gasteiger partial charge in [-0.2, -0.15) is 0 Å². The third kappa shape index (κ3) is 2.00. The maximum absolute atomic E-state index is 12.5. The van der Waals surface area contributed by atoms with Gasteiger partial charge in [-0.05, 0) is 29.3 Å². The van der Waals surface area contributed by atoms with Crippen LogP contribution in [-0.2, 0) is 13.0 Å². The highest BCUT2D eigenvalue weighted by Crippen LogP contribution is 2.27. The van der Waals surface area contributed by atoms with Gasteiger partial charge in [-0.15, -0.1) is 10.2 Å². The van der Waals surface area contributed by atoms with Gasteiger partial charge in [0.15, 0.2) is 0 Å². The normalized spacial score (nSPS) is 13.8. The van der Waals surface area contributed by atoms with E-state index in [2.05, 4.69) is 38.0 Å². The number of aliphatic imine (C=N–C) groups is 1. The number of hydrogen-bond donors (Lipinski definition) is 0. The smallest absolute Gasteiger partial charge is 0.266 e. The van der Waals surface area contributed by atoms with E-state index in [1.807, 2.05) is 4.57 Å². The third-order valence-electron chi connectivity index (χ3n) is 3.57. The second kappa shape index (κ2) is 5.12. The summed E-state index contributed by atoms with van der Waals surface area (Å²) in [5, 5.41) is 8.19. The molecule has 2 aromatic rings. The minimum Gasteiger partial charge on any atom is -0.294 e. The van der Waals surface area contributed by atoms with Crippen LogP contribution in [0.5, 0.6) is 0 Å². The zero-order valence-electron chi connectivity index (χ0n) is 11.6. The number of fused-ring (bicyclic) bond motifs is 2. The molecule has 0 aromatic carbocycles. The van der Waals surface area contributed by atoms with Gasteiger partial charge in [0.2, 0.25) is 5.78 Å². The van der Waals surface area contributed by atoms with Crippen LogP contribution in [0.1, 0.15) is 37.6 Å². The first-order chi connectivity index (χ1) is 9.63. The molecule has 3 rings (SSSR count). The fraction of sp³-hybridized carbons (Fsp3) is 0.538. The predicted octanol–water partition coefficient (Wildman–Crippen LogP) is 2.37. The van der Waals surface area contributed by atoms with Crippen LogP contribution >= 0.6 is 15.9 Å². The van der Waals surface area contributed by atoms with Crippen molar-refractivity contribution in [1.82, 2.24) is 19.2 Å². The molecule has 20 heavy (non-hydrogen) atoms. The van der Waals surface area contributed by atoms with Crippen LogP contribution in [0.3, 0.4) is 0 Å². The van der Waals surface area contributed by atoms with Gasteiger partial charge < -0.3 is 0 Å². The minimum absolute atomic E-state index is 0.0533. The molecule has 1 aliphatic rings. The topological polar surface area (TPSA) is 64.5 Å². The first-order valence-corrected chi connectivity index (χ1v) is 7.63. The van der Waals surface area contributed by atoms with Crippen LogP contribution in [0, 0.1) is 6.92 Å². The molecule has 7 heteroatoms. The van der Waals surface area contributed by atoms with Crippen molar-refractivity contribution in [3.8, 4) is 0 Å². The Kier molecular flexibility index (Phi) is 3.45. The van der Waals surface area contributed by atoms with Gasteiger partial charge in [0, 0.05) is 13.0 Å². The van der Waals surface area contributed by atoms with Gasteiger partial charge in [0.05, 0.1) is 10.2 Å². The van der Waals surface area contributed by atoms with Crippen LogP contribution in [0.25, 0.3) is 5.78 Å².